The van der Waals surface area contributed by atoms with E-state index in [2.05, 4.69) is 25.8 Å². The van der Waals surface area contributed by atoms with Gasteiger partial charge in [0.05, 0.1) is 29.7 Å². The van der Waals surface area contributed by atoms with Crippen LogP contribution < -0.4 is 10.2 Å². The van der Waals surface area contributed by atoms with E-state index in [4.69, 9.17) is 6.42 Å². The van der Waals surface area contributed by atoms with Gasteiger partial charge in [-0.1, -0.05) is 18.1 Å². The molecule has 6 nitrogen and oxygen atoms in total. The minimum atomic E-state index is -0.227. The molecule has 0 radical (unpaired) electrons. The molecule has 1 amide bonds. The van der Waals surface area contributed by atoms with E-state index < -0.39 is 0 Å². The van der Waals surface area contributed by atoms with Crippen molar-refractivity contribution in [3.8, 4) is 12.3 Å². The number of anilines is 1. The molecular weight excluding hydrogens is 314 g/mol. The minimum absolute atomic E-state index is 0.202. The number of aromatic nitrogens is 3. The van der Waals surface area contributed by atoms with E-state index in [0.717, 1.165) is 22.7 Å². The van der Waals surface area contributed by atoms with Crippen LogP contribution in [0.4, 0.5) is 5.82 Å². The second-order valence-corrected chi connectivity index (χ2v) is 5.72. The number of hydrogen-bond donors (Lipinski definition) is 1. The number of nitrogens with one attached hydrogen (secondary N) is 1. The molecule has 1 N–H and O–H groups in total. The lowest BCUT2D eigenvalue weighted by Gasteiger charge is -2.18. The molecule has 3 aromatic rings. The van der Waals surface area contributed by atoms with Crippen LogP contribution in [0.1, 0.15) is 16.2 Å². The topological polar surface area (TPSA) is 63.1 Å². The number of hydrogen-bond acceptors (Lipinski definition) is 4. The molecule has 0 spiro atoms. The second kappa shape index (κ2) is 7.05. The predicted octanol–water partition coefficient (Wildman–Crippen LogP) is 1.97. The van der Waals surface area contributed by atoms with Gasteiger partial charge in [-0.2, -0.15) is 0 Å². The maximum atomic E-state index is 11.8. The number of terminal acetylenes is 1. The third-order valence-corrected chi connectivity index (χ3v) is 4.01. The van der Waals surface area contributed by atoms with Crippen LogP contribution >= 0.6 is 0 Å². The Bertz CT molecular complexity index is 937. The van der Waals surface area contributed by atoms with Crippen molar-refractivity contribution in [1.29, 1.82) is 0 Å². The van der Waals surface area contributed by atoms with Crippen LogP contribution in [-0.4, -0.2) is 34.0 Å². The summed E-state index contributed by atoms with van der Waals surface area (Å²) >= 11 is 0. The first-order chi connectivity index (χ1) is 12.1. The molecule has 0 fully saturated rings. The number of para-hydroxylation sites is 2. The number of carbonyl (C=O) groups excluding carboxylic acids is 1. The Balaban J connectivity index is 1.74. The molecule has 2 aromatic heterocycles. The summed E-state index contributed by atoms with van der Waals surface area (Å²) in [5.41, 5.74) is 2.55. The number of amides is 1. The summed E-state index contributed by atoms with van der Waals surface area (Å²) in [4.78, 5) is 22.9. The van der Waals surface area contributed by atoms with E-state index in [1.54, 1.807) is 12.3 Å². The average molecular weight is 333 g/mol. The molecule has 0 aliphatic carbocycles. The van der Waals surface area contributed by atoms with Gasteiger partial charge in [0.2, 0.25) is 0 Å². The zero-order valence-electron chi connectivity index (χ0n) is 14.2. The summed E-state index contributed by atoms with van der Waals surface area (Å²) in [6.45, 7) is 0.814. The fourth-order valence-electron chi connectivity index (χ4n) is 2.61. The molecule has 0 aliphatic rings. The fourth-order valence-corrected chi connectivity index (χ4v) is 2.61. The van der Waals surface area contributed by atoms with E-state index in [1.165, 1.54) is 0 Å². The average Bonchev–Trinajstić information content (AvgIpc) is 2.96. The van der Waals surface area contributed by atoms with Gasteiger partial charge >= 0.3 is 0 Å². The highest BCUT2D eigenvalue weighted by Gasteiger charge is 2.12. The highest BCUT2D eigenvalue weighted by molar-refractivity contribution is 5.94. The second-order valence-electron chi connectivity index (χ2n) is 5.72. The van der Waals surface area contributed by atoms with Crippen molar-refractivity contribution in [2.75, 3.05) is 18.5 Å². The number of pyridine rings is 1. The summed E-state index contributed by atoms with van der Waals surface area (Å²) in [7, 11) is 3.95. The first-order valence-corrected chi connectivity index (χ1v) is 7.89. The van der Waals surface area contributed by atoms with Crippen LogP contribution in [-0.2, 0) is 13.6 Å². The lowest BCUT2D eigenvalue weighted by atomic mass is 10.2. The maximum absolute atomic E-state index is 11.8. The molecule has 0 saturated heterocycles. The Hall–Kier alpha value is -3.33. The predicted molar refractivity (Wildman–Crippen MR) is 98.2 cm³/mol. The van der Waals surface area contributed by atoms with Crippen LogP contribution in [0, 0.1) is 12.3 Å². The highest BCUT2D eigenvalue weighted by atomic mass is 16.1. The van der Waals surface area contributed by atoms with Crippen molar-refractivity contribution in [2.24, 2.45) is 7.05 Å². The maximum Gasteiger partial charge on any atom is 0.253 e. The van der Waals surface area contributed by atoms with Crippen molar-refractivity contribution >= 4 is 22.8 Å². The normalized spacial score (nSPS) is 10.4. The largest absolute Gasteiger partial charge is 0.352 e. The van der Waals surface area contributed by atoms with Gasteiger partial charge in [-0.15, -0.1) is 6.42 Å². The monoisotopic (exact) mass is 333 g/mol. The third kappa shape index (κ3) is 3.45. The lowest BCUT2D eigenvalue weighted by molar-refractivity contribution is 0.0958. The standard InChI is InChI=1S/C19H19N5O/c1-4-11-20-19(25)14-9-10-17(21-12-14)23(2)13-18-22-15-7-5-6-8-16(15)24(18)3/h1,5-10,12H,11,13H2,2-3H3,(H,20,25). The van der Waals surface area contributed by atoms with E-state index in [-0.39, 0.29) is 12.5 Å². The van der Waals surface area contributed by atoms with E-state index >= 15 is 0 Å². The number of benzene rings is 1. The van der Waals surface area contributed by atoms with Crippen molar-refractivity contribution in [3.05, 3.63) is 54.0 Å². The molecule has 126 valence electrons. The summed E-state index contributed by atoms with van der Waals surface area (Å²) in [6, 6.07) is 11.6. The third-order valence-electron chi connectivity index (χ3n) is 4.01. The number of aryl methyl sites for hydroxylation is 1. The molecule has 3 rings (SSSR count). The van der Waals surface area contributed by atoms with Crippen LogP contribution in [0.25, 0.3) is 11.0 Å². The minimum Gasteiger partial charge on any atom is -0.352 e. The summed E-state index contributed by atoms with van der Waals surface area (Å²) in [5.74, 6) is 3.85. The van der Waals surface area contributed by atoms with E-state index in [1.807, 2.05) is 49.3 Å². The zero-order valence-corrected chi connectivity index (χ0v) is 14.2. The quantitative estimate of drug-likeness (QED) is 0.725. The Morgan fingerprint density at radius 1 is 1.32 bits per heavy atom. The van der Waals surface area contributed by atoms with Crippen LogP contribution in [0.3, 0.4) is 0 Å². The van der Waals surface area contributed by atoms with Crippen LogP contribution in [0.2, 0.25) is 0 Å². The van der Waals surface area contributed by atoms with Crippen LogP contribution in [0.5, 0.6) is 0 Å². The van der Waals surface area contributed by atoms with Crippen molar-refractivity contribution in [1.82, 2.24) is 19.9 Å². The first kappa shape index (κ1) is 16.5. The molecule has 0 bridgehead atoms. The molecule has 1 aromatic carbocycles. The molecule has 25 heavy (non-hydrogen) atoms. The van der Waals surface area contributed by atoms with E-state index in [9.17, 15) is 4.79 Å². The number of nitrogens with zero attached hydrogens (tertiary/aromatic N) is 4. The van der Waals surface area contributed by atoms with Crippen molar-refractivity contribution in [3.63, 3.8) is 0 Å². The van der Waals surface area contributed by atoms with Gasteiger partial charge < -0.3 is 14.8 Å². The first-order valence-electron chi connectivity index (χ1n) is 7.89. The van der Waals surface area contributed by atoms with Gasteiger partial charge in [0.15, 0.2) is 0 Å². The lowest BCUT2D eigenvalue weighted by Crippen LogP contribution is -2.24. The Kier molecular flexibility index (Phi) is 4.66. The zero-order chi connectivity index (χ0) is 17.8. The summed E-state index contributed by atoms with van der Waals surface area (Å²) in [6.07, 6.45) is 6.69. The number of fused-ring (bicyclic) bond motifs is 1. The van der Waals surface area contributed by atoms with Gasteiger partial charge in [-0.25, -0.2) is 9.97 Å². The Labute approximate surface area is 146 Å². The van der Waals surface area contributed by atoms with E-state index in [0.29, 0.717) is 12.1 Å². The highest BCUT2D eigenvalue weighted by Crippen LogP contribution is 2.17. The van der Waals surface area contributed by atoms with Gasteiger partial charge in [0.25, 0.3) is 5.91 Å². The number of rotatable bonds is 5. The van der Waals surface area contributed by atoms with Gasteiger partial charge in [0.1, 0.15) is 11.6 Å². The summed E-state index contributed by atoms with van der Waals surface area (Å²) < 4.78 is 2.08. The van der Waals surface area contributed by atoms with Gasteiger partial charge in [0, 0.05) is 20.3 Å². The van der Waals surface area contributed by atoms with Gasteiger partial charge in [-0.05, 0) is 24.3 Å². The fraction of sp³-hybridized carbons (Fsp3) is 0.211. The molecular formula is C19H19N5O. The van der Waals surface area contributed by atoms with Crippen LogP contribution in [0.15, 0.2) is 42.6 Å². The Morgan fingerprint density at radius 3 is 2.80 bits per heavy atom. The molecule has 0 aliphatic heterocycles. The molecule has 2 heterocycles. The summed E-state index contributed by atoms with van der Waals surface area (Å²) in [5, 5.41) is 2.62. The number of imidazole rings is 1. The molecule has 6 heteroatoms. The van der Waals surface area contributed by atoms with Gasteiger partial charge in [-0.3, -0.25) is 4.79 Å². The molecule has 0 saturated carbocycles. The Morgan fingerprint density at radius 2 is 2.12 bits per heavy atom. The molecule has 0 atom stereocenters. The number of carbonyl (C=O) groups is 1. The smallest absolute Gasteiger partial charge is 0.253 e. The molecule has 0 unspecified atom stereocenters. The van der Waals surface area contributed by atoms with Crippen molar-refractivity contribution < 1.29 is 4.79 Å². The van der Waals surface area contributed by atoms with Crippen molar-refractivity contribution in [2.45, 2.75) is 6.54 Å². The SMILES string of the molecule is C#CCNC(=O)c1ccc(N(C)Cc2nc3ccccc3n2C)nc1.